The summed E-state index contributed by atoms with van der Waals surface area (Å²) in [4.78, 5) is 24.3. The van der Waals surface area contributed by atoms with E-state index in [1.807, 2.05) is 4.90 Å². The van der Waals surface area contributed by atoms with Crippen LogP contribution in [-0.4, -0.2) is 40.6 Å². The average Bonchev–Trinajstić information content (AvgIpc) is 3.04. The Balaban J connectivity index is 1.69. The van der Waals surface area contributed by atoms with Gasteiger partial charge in [0.05, 0.1) is 0 Å². The van der Waals surface area contributed by atoms with Crippen molar-refractivity contribution in [1.29, 1.82) is 0 Å². The molecule has 0 aromatic heterocycles. The maximum Gasteiger partial charge on any atom is 0.317 e. The summed E-state index contributed by atoms with van der Waals surface area (Å²) in [7, 11) is 0. The zero-order valence-corrected chi connectivity index (χ0v) is 10.9. The second-order valence-electron chi connectivity index (χ2n) is 5.85. The number of likely N-dealkylation sites (tertiary alicyclic amines) is 1. The molecule has 0 aromatic carbocycles. The van der Waals surface area contributed by atoms with Crippen LogP contribution in [0.3, 0.4) is 0 Å². The van der Waals surface area contributed by atoms with Gasteiger partial charge in [-0.1, -0.05) is 0 Å². The molecule has 102 valence electrons. The molecule has 1 saturated heterocycles. The van der Waals surface area contributed by atoms with E-state index in [0.29, 0.717) is 5.92 Å². The number of carbonyl (C=O) groups is 2. The van der Waals surface area contributed by atoms with Crippen LogP contribution < -0.4 is 5.32 Å². The summed E-state index contributed by atoms with van der Waals surface area (Å²) < 4.78 is 0. The zero-order valence-electron chi connectivity index (χ0n) is 10.9. The molecule has 1 aliphatic carbocycles. The van der Waals surface area contributed by atoms with E-state index in [-0.39, 0.29) is 18.0 Å². The third-order valence-electron chi connectivity index (χ3n) is 4.08. The van der Waals surface area contributed by atoms with Gasteiger partial charge in [0.2, 0.25) is 0 Å². The fourth-order valence-corrected chi connectivity index (χ4v) is 2.40. The summed E-state index contributed by atoms with van der Waals surface area (Å²) in [6, 6.07) is 0.0479. The summed E-state index contributed by atoms with van der Waals surface area (Å²) in [5.74, 6) is -0.265. The maximum atomic E-state index is 11.9. The van der Waals surface area contributed by atoms with Crippen LogP contribution >= 0.6 is 0 Å². The van der Waals surface area contributed by atoms with Crippen LogP contribution in [0.25, 0.3) is 0 Å². The number of nitrogens with zero attached hydrogens (tertiary/aromatic N) is 1. The van der Waals surface area contributed by atoms with Gasteiger partial charge in [0.15, 0.2) is 0 Å². The number of nitrogens with one attached hydrogen (secondary N) is 1. The highest BCUT2D eigenvalue weighted by atomic mass is 16.4. The van der Waals surface area contributed by atoms with E-state index >= 15 is 0 Å². The van der Waals surface area contributed by atoms with Crippen LogP contribution in [0.15, 0.2) is 0 Å². The number of hydrogen-bond donors (Lipinski definition) is 2. The lowest BCUT2D eigenvalue weighted by Crippen LogP contribution is -2.48. The SMILES string of the molecule is CC1(NC(=O)N2CCC(CCC(=O)O)CC2)CC1. The molecule has 2 fully saturated rings. The molecule has 0 aromatic rings. The van der Waals surface area contributed by atoms with Gasteiger partial charge in [-0.3, -0.25) is 4.79 Å². The molecule has 2 aliphatic rings. The topological polar surface area (TPSA) is 69.6 Å². The summed E-state index contributed by atoms with van der Waals surface area (Å²) >= 11 is 0. The number of carboxylic acids is 1. The number of aliphatic carboxylic acids is 1. The third-order valence-corrected chi connectivity index (χ3v) is 4.08. The normalized spacial score (nSPS) is 22.6. The Morgan fingerprint density at radius 2 is 1.94 bits per heavy atom. The molecule has 0 spiro atoms. The van der Waals surface area contributed by atoms with E-state index in [1.165, 1.54) is 0 Å². The quantitative estimate of drug-likeness (QED) is 0.804. The van der Waals surface area contributed by atoms with Crippen LogP contribution in [-0.2, 0) is 4.79 Å². The van der Waals surface area contributed by atoms with Gasteiger partial charge in [0.25, 0.3) is 0 Å². The molecule has 1 aliphatic heterocycles. The molecule has 5 nitrogen and oxygen atoms in total. The van der Waals surface area contributed by atoms with Crippen LogP contribution in [0, 0.1) is 5.92 Å². The first-order chi connectivity index (χ1) is 8.48. The summed E-state index contributed by atoms with van der Waals surface area (Å²) in [6.45, 7) is 3.59. The molecule has 1 heterocycles. The summed E-state index contributed by atoms with van der Waals surface area (Å²) in [6.07, 6.45) is 4.99. The molecule has 0 atom stereocenters. The first-order valence-corrected chi connectivity index (χ1v) is 6.77. The highest BCUT2D eigenvalue weighted by Crippen LogP contribution is 2.34. The van der Waals surface area contributed by atoms with Crippen LogP contribution in [0.5, 0.6) is 0 Å². The van der Waals surface area contributed by atoms with Gasteiger partial charge in [-0.05, 0) is 44.9 Å². The lowest BCUT2D eigenvalue weighted by atomic mass is 9.92. The molecule has 1 saturated carbocycles. The molecule has 18 heavy (non-hydrogen) atoms. The molecule has 5 heteroatoms. The largest absolute Gasteiger partial charge is 0.481 e. The number of carboxylic acid groups (broad SMARTS) is 1. The van der Waals surface area contributed by atoms with E-state index in [9.17, 15) is 9.59 Å². The zero-order chi connectivity index (χ0) is 13.2. The first-order valence-electron chi connectivity index (χ1n) is 6.77. The fourth-order valence-electron chi connectivity index (χ4n) is 2.40. The lowest BCUT2D eigenvalue weighted by molar-refractivity contribution is -0.137. The van der Waals surface area contributed by atoms with Crippen molar-refractivity contribution in [1.82, 2.24) is 10.2 Å². The van der Waals surface area contributed by atoms with Gasteiger partial charge >= 0.3 is 12.0 Å². The van der Waals surface area contributed by atoms with Crippen molar-refractivity contribution in [2.45, 2.75) is 51.0 Å². The third kappa shape index (κ3) is 3.62. The molecule has 0 bridgehead atoms. The van der Waals surface area contributed by atoms with Gasteiger partial charge in [-0.2, -0.15) is 0 Å². The van der Waals surface area contributed by atoms with Crippen molar-refractivity contribution in [3.8, 4) is 0 Å². The van der Waals surface area contributed by atoms with E-state index in [0.717, 1.165) is 45.2 Å². The fraction of sp³-hybridized carbons (Fsp3) is 0.846. The minimum absolute atomic E-state index is 0.0389. The lowest BCUT2D eigenvalue weighted by Gasteiger charge is -2.32. The van der Waals surface area contributed by atoms with E-state index in [2.05, 4.69) is 12.2 Å². The van der Waals surface area contributed by atoms with Gasteiger partial charge < -0.3 is 15.3 Å². The average molecular weight is 254 g/mol. The Morgan fingerprint density at radius 3 is 2.44 bits per heavy atom. The molecule has 2 amide bonds. The van der Waals surface area contributed by atoms with Crippen molar-refractivity contribution in [3.05, 3.63) is 0 Å². The minimum atomic E-state index is -0.725. The van der Waals surface area contributed by atoms with Gasteiger partial charge in [-0.25, -0.2) is 4.79 Å². The number of rotatable bonds is 4. The Labute approximate surface area is 108 Å². The molecule has 2 rings (SSSR count). The number of carbonyl (C=O) groups excluding carboxylic acids is 1. The molecule has 0 radical (unpaired) electrons. The van der Waals surface area contributed by atoms with Crippen molar-refractivity contribution < 1.29 is 14.7 Å². The highest BCUT2D eigenvalue weighted by Gasteiger charge is 2.40. The van der Waals surface area contributed by atoms with Crippen molar-refractivity contribution in [2.75, 3.05) is 13.1 Å². The van der Waals surface area contributed by atoms with Crippen molar-refractivity contribution in [3.63, 3.8) is 0 Å². The standard InChI is InChI=1S/C13H22N2O3/c1-13(6-7-13)14-12(18)15-8-4-10(5-9-15)2-3-11(16)17/h10H,2-9H2,1H3,(H,14,18)(H,16,17). The predicted octanol–water partition coefficient (Wildman–Crippen LogP) is 1.83. The van der Waals surface area contributed by atoms with Crippen LogP contribution in [0.2, 0.25) is 0 Å². The highest BCUT2D eigenvalue weighted by molar-refractivity contribution is 5.75. The van der Waals surface area contributed by atoms with Gasteiger partial charge in [-0.15, -0.1) is 0 Å². The molecule has 2 N–H and O–H groups in total. The van der Waals surface area contributed by atoms with Crippen molar-refractivity contribution >= 4 is 12.0 Å². The van der Waals surface area contributed by atoms with Crippen LogP contribution in [0.1, 0.15) is 45.4 Å². The van der Waals surface area contributed by atoms with E-state index in [1.54, 1.807) is 0 Å². The van der Waals surface area contributed by atoms with Gasteiger partial charge in [0, 0.05) is 25.0 Å². The second kappa shape index (κ2) is 5.16. The van der Waals surface area contributed by atoms with E-state index in [4.69, 9.17) is 5.11 Å². The Hall–Kier alpha value is -1.26. The maximum absolute atomic E-state index is 11.9. The Kier molecular flexibility index (Phi) is 3.78. The molecular weight excluding hydrogens is 232 g/mol. The number of urea groups is 1. The molecule has 0 unspecified atom stereocenters. The smallest absolute Gasteiger partial charge is 0.317 e. The first kappa shape index (κ1) is 13.2. The second-order valence-corrected chi connectivity index (χ2v) is 5.85. The molecular formula is C13H22N2O3. The van der Waals surface area contributed by atoms with Crippen LogP contribution in [0.4, 0.5) is 4.79 Å². The minimum Gasteiger partial charge on any atom is -0.481 e. The van der Waals surface area contributed by atoms with Gasteiger partial charge in [0.1, 0.15) is 0 Å². The van der Waals surface area contributed by atoms with E-state index < -0.39 is 5.97 Å². The Morgan fingerprint density at radius 1 is 1.33 bits per heavy atom. The summed E-state index contributed by atoms with van der Waals surface area (Å²) in [5, 5.41) is 11.7. The number of hydrogen-bond acceptors (Lipinski definition) is 2. The predicted molar refractivity (Wildman–Crippen MR) is 67.3 cm³/mol. The van der Waals surface area contributed by atoms with Crippen molar-refractivity contribution in [2.24, 2.45) is 5.92 Å². The number of piperidine rings is 1. The number of amides is 2. The summed E-state index contributed by atoms with van der Waals surface area (Å²) in [5.41, 5.74) is 0.0389. The Bertz CT molecular complexity index is 331. The monoisotopic (exact) mass is 254 g/mol.